The van der Waals surface area contributed by atoms with Crippen LogP contribution in [0.1, 0.15) is 17.3 Å². The molecule has 0 heterocycles. The van der Waals surface area contributed by atoms with Crippen LogP contribution in [0.2, 0.25) is 0 Å². The second kappa shape index (κ2) is 6.93. The molecule has 94 valence electrons. The van der Waals surface area contributed by atoms with E-state index in [1.165, 1.54) is 23.5 Å². The molecule has 1 aromatic carbocycles. The van der Waals surface area contributed by atoms with Crippen molar-refractivity contribution in [3.05, 3.63) is 23.8 Å². The minimum atomic E-state index is -0.894. The van der Waals surface area contributed by atoms with E-state index in [-0.39, 0.29) is 12.5 Å². The normalized spacial score (nSPS) is 12.4. The Bertz CT molecular complexity index is 393. The number of hydrogen-bond donors (Lipinski definition) is 2. The lowest BCUT2D eigenvalue weighted by molar-refractivity contribution is 0.0689. The summed E-state index contributed by atoms with van der Waals surface area (Å²) in [5, 5.41) is 18.2. The molecule has 0 fully saturated rings. The van der Waals surface area contributed by atoms with Crippen LogP contribution in [-0.2, 0) is 0 Å². The van der Waals surface area contributed by atoms with Crippen molar-refractivity contribution in [3.8, 4) is 0 Å². The van der Waals surface area contributed by atoms with E-state index in [2.05, 4.69) is 0 Å². The van der Waals surface area contributed by atoms with Gasteiger partial charge in [-0.2, -0.15) is 0 Å². The number of carboxylic acids is 1. The van der Waals surface area contributed by atoms with Crippen LogP contribution >= 0.6 is 23.5 Å². The third-order valence-electron chi connectivity index (χ3n) is 2.26. The van der Waals surface area contributed by atoms with Gasteiger partial charge in [0.25, 0.3) is 0 Å². The molecule has 0 amide bonds. The van der Waals surface area contributed by atoms with Crippen molar-refractivity contribution in [1.82, 2.24) is 0 Å². The van der Waals surface area contributed by atoms with Gasteiger partial charge in [0.05, 0.1) is 5.56 Å². The highest BCUT2D eigenvalue weighted by Crippen LogP contribution is 2.31. The zero-order valence-corrected chi connectivity index (χ0v) is 11.5. The third kappa shape index (κ3) is 3.94. The number of carbonyl (C=O) groups is 1. The van der Waals surface area contributed by atoms with Crippen molar-refractivity contribution in [2.45, 2.75) is 16.7 Å². The van der Waals surface area contributed by atoms with Crippen LogP contribution in [0.15, 0.2) is 28.0 Å². The summed E-state index contributed by atoms with van der Waals surface area (Å²) in [6, 6.07) is 5.50. The molecule has 0 radical (unpaired) electrons. The average molecular weight is 272 g/mol. The van der Waals surface area contributed by atoms with E-state index in [1.807, 2.05) is 31.4 Å². The van der Waals surface area contributed by atoms with E-state index in [0.29, 0.717) is 11.3 Å². The quantitative estimate of drug-likeness (QED) is 0.780. The zero-order valence-electron chi connectivity index (χ0n) is 9.84. The number of rotatable bonds is 6. The van der Waals surface area contributed by atoms with Gasteiger partial charge >= 0.3 is 5.97 Å². The van der Waals surface area contributed by atoms with Gasteiger partial charge in [0.2, 0.25) is 0 Å². The molecule has 0 aliphatic heterocycles. The Morgan fingerprint density at radius 2 is 2.06 bits per heavy atom. The summed E-state index contributed by atoms with van der Waals surface area (Å²) in [6.45, 7) is 2.06. The number of thioether (sulfide) groups is 2. The first kappa shape index (κ1) is 14.4. The Kier molecular flexibility index (Phi) is 5.88. The molecule has 0 spiro atoms. The second-order valence-electron chi connectivity index (χ2n) is 3.74. The lowest BCUT2D eigenvalue weighted by Crippen LogP contribution is -2.06. The Balaban J connectivity index is 2.94. The smallest absolute Gasteiger partial charge is 0.337 e. The lowest BCUT2D eigenvalue weighted by Gasteiger charge is -2.11. The number of aliphatic hydroxyl groups excluding tert-OH is 1. The molecule has 1 unspecified atom stereocenters. The summed E-state index contributed by atoms with van der Waals surface area (Å²) >= 11 is 2.92. The standard InChI is InChI=1S/C12H16O3S2/c1-8(6-13)7-17-10-5-3-4-9(16-2)11(10)12(14)15/h3-5,8,13H,6-7H2,1-2H3,(H,14,15). The first-order chi connectivity index (χ1) is 8.10. The number of aromatic carboxylic acids is 1. The maximum atomic E-state index is 11.2. The predicted molar refractivity (Wildman–Crippen MR) is 72.2 cm³/mol. The second-order valence-corrected chi connectivity index (χ2v) is 5.65. The highest BCUT2D eigenvalue weighted by Gasteiger charge is 2.15. The van der Waals surface area contributed by atoms with Gasteiger partial charge in [-0.1, -0.05) is 13.0 Å². The molecular weight excluding hydrogens is 256 g/mol. The predicted octanol–water partition coefficient (Wildman–Crippen LogP) is 2.83. The highest BCUT2D eigenvalue weighted by atomic mass is 32.2. The highest BCUT2D eigenvalue weighted by molar-refractivity contribution is 8.00. The van der Waals surface area contributed by atoms with Crippen molar-refractivity contribution in [1.29, 1.82) is 0 Å². The van der Waals surface area contributed by atoms with Crippen LogP contribution in [0.5, 0.6) is 0 Å². The fourth-order valence-corrected chi connectivity index (χ4v) is 3.06. The number of hydrogen-bond acceptors (Lipinski definition) is 4. The monoisotopic (exact) mass is 272 g/mol. The minimum Gasteiger partial charge on any atom is -0.478 e. The van der Waals surface area contributed by atoms with Crippen molar-refractivity contribution in [2.75, 3.05) is 18.6 Å². The molecule has 1 atom stereocenters. The molecule has 0 saturated heterocycles. The molecule has 0 aliphatic carbocycles. The summed E-state index contributed by atoms with van der Waals surface area (Å²) in [5.74, 6) is -0.0112. The molecule has 0 aliphatic rings. The first-order valence-electron chi connectivity index (χ1n) is 5.24. The maximum Gasteiger partial charge on any atom is 0.337 e. The van der Waals surface area contributed by atoms with Gasteiger partial charge in [-0.15, -0.1) is 23.5 Å². The molecule has 1 aromatic rings. The largest absolute Gasteiger partial charge is 0.478 e. The third-order valence-corrected chi connectivity index (χ3v) is 4.42. The van der Waals surface area contributed by atoms with Gasteiger partial charge in [0.15, 0.2) is 0 Å². The average Bonchev–Trinajstić information content (AvgIpc) is 2.34. The summed E-state index contributed by atoms with van der Waals surface area (Å²) in [6.07, 6.45) is 1.87. The van der Waals surface area contributed by atoms with E-state index in [4.69, 9.17) is 5.11 Å². The molecule has 2 N–H and O–H groups in total. The van der Waals surface area contributed by atoms with E-state index < -0.39 is 5.97 Å². The van der Waals surface area contributed by atoms with Crippen molar-refractivity contribution < 1.29 is 15.0 Å². The van der Waals surface area contributed by atoms with Gasteiger partial charge in [-0.25, -0.2) is 4.79 Å². The molecule has 0 aromatic heterocycles. The Morgan fingerprint density at radius 3 is 2.59 bits per heavy atom. The van der Waals surface area contributed by atoms with Gasteiger partial charge in [-0.3, -0.25) is 0 Å². The van der Waals surface area contributed by atoms with Crippen molar-refractivity contribution in [2.24, 2.45) is 5.92 Å². The van der Waals surface area contributed by atoms with E-state index >= 15 is 0 Å². The van der Waals surface area contributed by atoms with Crippen LogP contribution in [0.4, 0.5) is 0 Å². The molecule has 5 heteroatoms. The van der Waals surface area contributed by atoms with Gasteiger partial charge in [-0.05, 0) is 24.3 Å². The summed E-state index contributed by atoms with van der Waals surface area (Å²) in [5.41, 5.74) is 0.370. The maximum absolute atomic E-state index is 11.2. The van der Waals surface area contributed by atoms with Crippen molar-refractivity contribution >= 4 is 29.5 Å². The summed E-state index contributed by atoms with van der Waals surface area (Å²) in [4.78, 5) is 12.8. The van der Waals surface area contributed by atoms with Crippen molar-refractivity contribution in [3.63, 3.8) is 0 Å². The zero-order chi connectivity index (χ0) is 12.8. The van der Waals surface area contributed by atoms with E-state index in [1.54, 1.807) is 0 Å². The molecule has 0 bridgehead atoms. The molecular formula is C12H16O3S2. The molecule has 17 heavy (non-hydrogen) atoms. The van der Waals surface area contributed by atoms with E-state index in [0.717, 1.165) is 9.79 Å². The van der Waals surface area contributed by atoms with Crippen LogP contribution < -0.4 is 0 Å². The fourth-order valence-electron chi connectivity index (χ4n) is 1.30. The van der Waals surface area contributed by atoms with Crippen LogP contribution in [0.25, 0.3) is 0 Å². The molecule has 1 rings (SSSR count). The minimum absolute atomic E-state index is 0.123. The van der Waals surface area contributed by atoms with Crippen LogP contribution in [0.3, 0.4) is 0 Å². The molecule has 3 nitrogen and oxygen atoms in total. The Hall–Kier alpha value is -0.650. The fraction of sp³-hybridized carbons (Fsp3) is 0.417. The number of benzene rings is 1. The SMILES string of the molecule is CSc1cccc(SCC(C)CO)c1C(=O)O. The van der Waals surface area contributed by atoms with Crippen LogP contribution in [0, 0.1) is 5.92 Å². The number of aliphatic hydroxyl groups is 1. The Morgan fingerprint density at radius 1 is 1.41 bits per heavy atom. The Labute approximate surface area is 110 Å². The van der Waals surface area contributed by atoms with Gasteiger partial charge in [0, 0.05) is 22.2 Å². The van der Waals surface area contributed by atoms with Crippen LogP contribution in [-0.4, -0.2) is 34.8 Å². The molecule has 0 saturated carbocycles. The first-order valence-corrected chi connectivity index (χ1v) is 7.45. The summed E-state index contributed by atoms with van der Waals surface area (Å²) < 4.78 is 0. The lowest BCUT2D eigenvalue weighted by atomic mass is 10.2. The summed E-state index contributed by atoms with van der Waals surface area (Å²) in [7, 11) is 0. The van der Waals surface area contributed by atoms with Gasteiger partial charge < -0.3 is 10.2 Å². The van der Waals surface area contributed by atoms with E-state index in [9.17, 15) is 9.90 Å². The topological polar surface area (TPSA) is 57.5 Å². The number of carboxylic acid groups (broad SMARTS) is 1. The van der Waals surface area contributed by atoms with Gasteiger partial charge in [0.1, 0.15) is 0 Å².